The van der Waals surface area contributed by atoms with Crippen LogP contribution in [0.15, 0.2) is 83.5 Å². The van der Waals surface area contributed by atoms with E-state index in [9.17, 15) is 18.0 Å². The van der Waals surface area contributed by atoms with Gasteiger partial charge in [0.15, 0.2) is 5.78 Å². The summed E-state index contributed by atoms with van der Waals surface area (Å²) in [5, 5.41) is 4.83. The van der Waals surface area contributed by atoms with Gasteiger partial charge in [-0.25, -0.2) is 0 Å². The summed E-state index contributed by atoms with van der Waals surface area (Å²) >= 11 is 3.51. The topological polar surface area (TPSA) is 54.5 Å². The lowest BCUT2D eigenvalue weighted by Crippen LogP contribution is -2.56. The molecule has 2 aliphatic rings. The number of Topliss-reactive ketones (excluding diaryl/α,β-unsaturated/α-hetero) is 1. The molecule has 1 atom stereocenters. The summed E-state index contributed by atoms with van der Waals surface area (Å²) in [4.78, 5) is 20.8. The van der Waals surface area contributed by atoms with Gasteiger partial charge < -0.3 is 10.1 Å². The van der Waals surface area contributed by atoms with Crippen molar-refractivity contribution in [3.63, 3.8) is 0 Å². The van der Waals surface area contributed by atoms with Gasteiger partial charge in [0.25, 0.3) is 0 Å². The predicted molar refractivity (Wildman–Crippen MR) is 147 cm³/mol. The molecule has 3 aromatic carbocycles. The molecular weight excluding hydrogens is 571 g/mol. The Balaban J connectivity index is 1.30. The van der Waals surface area contributed by atoms with Crippen LogP contribution < -0.4 is 10.1 Å². The highest BCUT2D eigenvalue weighted by Gasteiger charge is 2.49. The van der Waals surface area contributed by atoms with Gasteiger partial charge in [0, 0.05) is 46.9 Å². The molecule has 3 heterocycles. The van der Waals surface area contributed by atoms with Gasteiger partial charge in [0.1, 0.15) is 5.75 Å². The van der Waals surface area contributed by atoms with Gasteiger partial charge in [-0.15, -0.1) is 13.2 Å². The largest absolute Gasteiger partial charge is 0.573 e. The summed E-state index contributed by atoms with van der Waals surface area (Å²) in [6.07, 6.45) is -1.55. The van der Waals surface area contributed by atoms with Crippen molar-refractivity contribution in [2.24, 2.45) is 0 Å². The van der Waals surface area contributed by atoms with E-state index in [1.54, 1.807) is 18.2 Å². The number of ether oxygens (including phenoxy) is 1. The van der Waals surface area contributed by atoms with E-state index in [4.69, 9.17) is 0 Å². The molecule has 2 aliphatic heterocycles. The Morgan fingerprint density at radius 1 is 1.03 bits per heavy atom. The maximum Gasteiger partial charge on any atom is 0.573 e. The standard InChI is InChI=1S/C30H25BrF3N3O2/c31-21-7-10-24-26(17-21)36-29(27(28(24)38)19-5-8-22(9-6-19)39-30(32,33)34)12-15-37(16-13-29)18-20-11-14-35-25-4-2-1-3-23(20)25/h1-11,14,17,27,36H,12-13,15-16,18H2. The Bertz CT molecular complexity index is 1530. The number of nitrogens with zero attached hydrogens (tertiary/aromatic N) is 2. The molecule has 1 N–H and O–H groups in total. The van der Waals surface area contributed by atoms with Gasteiger partial charge in [-0.2, -0.15) is 0 Å². The second-order valence-electron chi connectivity index (χ2n) is 10.1. The van der Waals surface area contributed by atoms with Crippen molar-refractivity contribution in [1.29, 1.82) is 0 Å². The number of carbonyl (C=O) groups is 1. The number of para-hydroxylation sites is 1. The highest BCUT2D eigenvalue weighted by atomic mass is 79.9. The van der Waals surface area contributed by atoms with E-state index in [0.717, 1.165) is 40.7 Å². The van der Waals surface area contributed by atoms with Crippen LogP contribution in [0.1, 0.15) is 40.2 Å². The molecule has 0 bridgehead atoms. The first-order valence-electron chi connectivity index (χ1n) is 12.7. The average Bonchev–Trinajstić information content (AvgIpc) is 2.90. The lowest BCUT2D eigenvalue weighted by molar-refractivity contribution is -0.274. The summed E-state index contributed by atoms with van der Waals surface area (Å²) in [5.41, 5.74) is 3.61. The number of anilines is 1. The highest BCUT2D eigenvalue weighted by molar-refractivity contribution is 9.10. The minimum Gasteiger partial charge on any atom is -0.406 e. The van der Waals surface area contributed by atoms with Crippen molar-refractivity contribution < 1.29 is 22.7 Å². The number of piperidine rings is 1. The number of ketones is 1. The minimum atomic E-state index is -4.77. The van der Waals surface area contributed by atoms with E-state index in [0.29, 0.717) is 24.0 Å². The van der Waals surface area contributed by atoms with Crippen LogP contribution in [-0.2, 0) is 6.54 Å². The Hall–Kier alpha value is -3.43. The van der Waals surface area contributed by atoms with Gasteiger partial charge in [-0.05, 0) is 66.4 Å². The SMILES string of the molecule is O=C1c2ccc(Br)cc2NC2(CCN(Cc3ccnc4ccccc34)CC2)C1c1ccc(OC(F)(F)F)cc1. The van der Waals surface area contributed by atoms with Gasteiger partial charge in [-0.3, -0.25) is 14.7 Å². The maximum atomic E-state index is 13.9. The van der Waals surface area contributed by atoms with Crippen LogP contribution in [0.4, 0.5) is 18.9 Å². The lowest BCUT2D eigenvalue weighted by Gasteiger charge is -2.50. The fourth-order valence-electron chi connectivity index (χ4n) is 5.97. The van der Waals surface area contributed by atoms with Crippen LogP contribution in [0.3, 0.4) is 0 Å². The zero-order valence-electron chi connectivity index (χ0n) is 20.8. The molecule has 1 aromatic heterocycles. The van der Waals surface area contributed by atoms with Crippen LogP contribution in [0.2, 0.25) is 0 Å². The molecule has 1 fully saturated rings. The second kappa shape index (κ2) is 9.95. The Kier molecular flexibility index (Phi) is 6.59. The number of fused-ring (bicyclic) bond motifs is 2. The van der Waals surface area contributed by atoms with Crippen molar-refractivity contribution in [3.8, 4) is 5.75 Å². The fraction of sp³-hybridized carbons (Fsp3) is 0.267. The molecule has 0 saturated carbocycles. The molecule has 1 spiro atoms. The summed E-state index contributed by atoms with van der Waals surface area (Å²) in [6, 6.07) is 21.4. The van der Waals surface area contributed by atoms with Crippen molar-refractivity contribution in [3.05, 3.63) is 100 Å². The second-order valence-corrected chi connectivity index (χ2v) is 11.1. The molecule has 200 valence electrons. The fourth-order valence-corrected chi connectivity index (χ4v) is 6.33. The predicted octanol–water partition coefficient (Wildman–Crippen LogP) is 7.32. The first-order chi connectivity index (χ1) is 18.7. The number of halogens is 4. The first-order valence-corrected chi connectivity index (χ1v) is 13.5. The first kappa shape index (κ1) is 25.8. The zero-order valence-corrected chi connectivity index (χ0v) is 22.4. The normalized spacial score (nSPS) is 19.1. The number of likely N-dealkylation sites (tertiary alicyclic amines) is 1. The van der Waals surface area contributed by atoms with Gasteiger partial charge in [-0.1, -0.05) is 46.3 Å². The number of alkyl halides is 3. The van der Waals surface area contributed by atoms with E-state index in [2.05, 4.69) is 48.0 Å². The number of benzene rings is 3. The summed E-state index contributed by atoms with van der Waals surface area (Å²) in [6.45, 7) is 2.28. The molecule has 0 amide bonds. The Morgan fingerprint density at radius 2 is 1.77 bits per heavy atom. The Morgan fingerprint density at radius 3 is 2.51 bits per heavy atom. The lowest BCUT2D eigenvalue weighted by atomic mass is 9.67. The summed E-state index contributed by atoms with van der Waals surface area (Å²) in [7, 11) is 0. The van der Waals surface area contributed by atoms with Crippen LogP contribution in [-0.4, -0.2) is 40.7 Å². The van der Waals surface area contributed by atoms with Crippen molar-refractivity contribution in [2.45, 2.75) is 37.2 Å². The van der Waals surface area contributed by atoms with Crippen LogP contribution in [0, 0.1) is 0 Å². The average molecular weight is 596 g/mol. The minimum absolute atomic E-state index is 0.0330. The number of nitrogens with one attached hydrogen (secondary N) is 1. The van der Waals surface area contributed by atoms with Crippen molar-refractivity contribution in [1.82, 2.24) is 9.88 Å². The smallest absolute Gasteiger partial charge is 0.406 e. The van der Waals surface area contributed by atoms with Gasteiger partial charge in [0.2, 0.25) is 0 Å². The quantitative estimate of drug-likeness (QED) is 0.268. The number of rotatable bonds is 4. The molecule has 9 heteroatoms. The number of carbonyl (C=O) groups excluding carboxylic acids is 1. The molecule has 39 heavy (non-hydrogen) atoms. The zero-order chi connectivity index (χ0) is 27.2. The number of pyridine rings is 1. The van der Waals surface area contributed by atoms with Gasteiger partial charge >= 0.3 is 6.36 Å². The highest BCUT2D eigenvalue weighted by Crippen LogP contribution is 2.47. The third-order valence-corrected chi connectivity index (χ3v) is 8.27. The molecule has 4 aromatic rings. The van der Waals surface area contributed by atoms with E-state index in [1.165, 1.54) is 17.7 Å². The maximum absolute atomic E-state index is 13.9. The third-order valence-electron chi connectivity index (χ3n) is 7.77. The summed E-state index contributed by atoms with van der Waals surface area (Å²) in [5.74, 6) is -0.885. The van der Waals surface area contributed by atoms with Crippen LogP contribution in [0.5, 0.6) is 5.75 Å². The molecule has 1 unspecified atom stereocenters. The molecule has 1 saturated heterocycles. The van der Waals surface area contributed by atoms with E-state index in [1.807, 2.05) is 36.5 Å². The molecule has 6 rings (SSSR count). The van der Waals surface area contributed by atoms with Crippen molar-refractivity contribution >= 4 is 38.3 Å². The van der Waals surface area contributed by atoms with Crippen LogP contribution >= 0.6 is 15.9 Å². The third kappa shape index (κ3) is 5.13. The molecule has 0 radical (unpaired) electrons. The Labute approximate surface area is 232 Å². The van der Waals surface area contributed by atoms with E-state index >= 15 is 0 Å². The van der Waals surface area contributed by atoms with Crippen molar-refractivity contribution in [2.75, 3.05) is 18.4 Å². The van der Waals surface area contributed by atoms with E-state index in [-0.39, 0.29) is 11.5 Å². The summed E-state index contributed by atoms with van der Waals surface area (Å²) < 4.78 is 43.1. The molecular formula is C30H25BrF3N3O2. The van der Waals surface area contributed by atoms with E-state index < -0.39 is 17.8 Å². The van der Waals surface area contributed by atoms with Crippen LogP contribution in [0.25, 0.3) is 10.9 Å². The molecule has 5 nitrogen and oxygen atoms in total. The number of hydrogen-bond donors (Lipinski definition) is 1. The number of aromatic nitrogens is 1. The number of hydrogen-bond acceptors (Lipinski definition) is 5. The van der Waals surface area contributed by atoms with Gasteiger partial charge in [0.05, 0.1) is 17.0 Å². The molecule has 0 aliphatic carbocycles. The monoisotopic (exact) mass is 595 g/mol.